The molecule has 20 heavy (non-hydrogen) atoms. The number of carbonyl (C=O) groups is 1. The summed E-state index contributed by atoms with van der Waals surface area (Å²) in [6.07, 6.45) is 0.0676. The third kappa shape index (κ3) is 4.04. The molecule has 0 saturated carbocycles. The fourth-order valence-corrected chi connectivity index (χ4v) is 2.29. The molecule has 0 atom stereocenters. The van der Waals surface area contributed by atoms with Crippen LogP contribution in [0.25, 0.3) is 10.8 Å². The number of rotatable bonds is 5. The lowest BCUT2D eigenvalue weighted by Gasteiger charge is -2.05. The summed E-state index contributed by atoms with van der Waals surface area (Å²) in [6.45, 7) is -0.0501. The monoisotopic (exact) mass is 294 g/mol. The largest absolute Gasteiger partial charge is 0.462 e. The zero-order valence-corrected chi connectivity index (χ0v) is 11.5. The van der Waals surface area contributed by atoms with Crippen LogP contribution in [0.2, 0.25) is 0 Å². The predicted molar refractivity (Wildman–Crippen MR) is 75.3 cm³/mol. The van der Waals surface area contributed by atoms with Crippen LogP contribution >= 0.6 is 0 Å². The highest BCUT2D eigenvalue weighted by Gasteiger charge is 2.09. The van der Waals surface area contributed by atoms with Gasteiger partial charge in [0.2, 0.25) is 0 Å². The molecule has 0 fully saturated rings. The predicted octanol–water partition coefficient (Wildman–Crippen LogP) is 2.27. The van der Waals surface area contributed by atoms with E-state index in [2.05, 4.69) is 0 Å². The summed E-state index contributed by atoms with van der Waals surface area (Å²) in [5, 5.41) is 1.95. The van der Waals surface area contributed by atoms with Crippen molar-refractivity contribution in [1.29, 1.82) is 0 Å². The minimum absolute atomic E-state index is 0.0501. The van der Waals surface area contributed by atoms with E-state index < -0.39 is 21.8 Å². The maximum atomic E-state index is 11.8. The highest BCUT2D eigenvalue weighted by atomic mass is 32.2. The summed E-state index contributed by atoms with van der Waals surface area (Å²) in [5.41, 5.74) is 0.413. The van der Waals surface area contributed by atoms with E-state index in [0.717, 1.165) is 10.8 Å². The summed E-state index contributed by atoms with van der Waals surface area (Å²) < 4.78 is 34.5. The van der Waals surface area contributed by atoms with Gasteiger partial charge >= 0.3 is 5.97 Å². The molecule has 0 aliphatic carbocycles. The van der Waals surface area contributed by atoms with Gasteiger partial charge in [-0.05, 0) is 29.3 Å². The van der Waals surface area contributed by atoms with Crippen molar-refractivity contribution in [2.75, 3.05) is 12.4 Å². The molecule has 1 N–H and O–H groups in total. The quantitative estimate of drug-likeness (QED) is 0.520. The summed E-state index contributed by atoms with van der Waals surface area (Å²) in [6, 6.07) is 12.8. The highest BCUT2D eigenvalue weighted by Crippen LogP contribution is 2.16. The molecule has 0 spiro atoms. The average molecular weight is 294 g/mol. The van der Waals surface area contributed by atoms with Crippen molar-refractivity contribution in [2.24, 2.45) is 0 Å². The zero-order chi connectivity index (χ0) is 14.6. The Balaban J connectivity index is 1.97. The van der Waals surface area contributed by atoms with Gasteiger partial charge in [-0.1, -0.05) is 30.3 Å². The van der Waals surface area contributed by atoms with Gasteiger partial charge in [0.1, 0.15) is 0 Å². The molecule has 106 valence electrons. The van der Waals surface area contributed by atoms with Crippen molar-refractivity contribution >= 4 is 26.9 Å². The first kappa shape index (κ1) is 14.5. The van der Waals surface area contributed by atoms with E-state index in [1.54, 1.807) is 12.1 Å². The average Bonchev–Trinajstić information content (AvgIpc) is 2.42. The van der Waals surface area contributed by atoms with Crippen LogP contribution in [0.5, 0.6) is 0 Å². The van der Waals surface area contributed by atoms with Gasteiger partial charge in [0, 0.05) is 0 Å². The Kier molecular flexibility index (Phi) is 4.36. The molecule has 0 aliphatic heterocycles. The van der Waals surface area contributed by atoms with Gasteiger partial charge in [-0.3, -0.25) is 4.55 Å². The van der Waals surface area contributed by atoms with E-state index >= 15 is 0 Å². The molecule has 0 bridgehead atoms. The number of carbonyl (C=O) groups excluding carboxylic acids is 1. The molecule has 0 amide bonds. The second kappa shape index (κ2) is 6.02. The van der Waals surface area contributed by atoms with Crippen molar-refractivity contribution in [3.63, 3.8) is 0 Å². The number of hydrogen-bond donors (Lipinski definition) is 1. The number of hydrogen-bond acceptors (Lipinski definition) is 4. The molecule has 0 heterocycles. The first-order chi connectivity index (χ1) is 9.46. The van der Waals surface area contributed by atoms with Crippen LogP contribution in [0, 0.1) is 0 Å². The molecule has 0 unspecified atom stereocenters. The minimum atomic E-state index is -4.01. The van der Waals surface area contributed by atoms with Gasteiger partial charge in [0.15, 0.2) is 0 Å². The lowest BCUT2D eigenvalue weighted by atomic mass is 10.1. The SMILES string of the molecule is O=C(OCCCS(=O)(=O)O)c1ccc2ccccc2c1. The summed E-state index contributed by atoms with van der Waals surface area (Å²) in [7, 11) is -4.01. The Morgan fingerprint density at radius 1 is 1.10 bits per heavy atom. The van der Waals surface area contributed by atoms with Crippen LogP contribution in [0.15, 0.2) is 42.5 Å². The van der Waals surface area contributed by atoms with Gasteiger partial charge in [0.25, 0.3) is 10.1 Å². The number of fused-ring (bicyclic) bond motifs is 1. The van der Waals surface area contributed by atoms with Crippen LogP contribution in [-0.2, 0) is 14.9 Å². The van der Waals surface area contributed by atoms with Crippen molar-refractivity contribution in [2.45, 2.75) is 6.42 Å². The molecule has 0 aromatic heterocycles. The van der Waals surface area contributed by atoms with E-state index in [0.29, 0.717) is 5.56 Å². The lowest BCUT2D eigenvalue weighted by molar-refractivity contribution is 0.0505. The second-order valence-electron chi connectivity index (χ2n) is 4.34. The van der Waals surface area contributed by atoms with Crippen LogP contribution in [0.4, 0.5) is 0 Å². The molecule has 6 heteroatoms. The van der Waals surface area contributed by atoms with Crippen molar-refractivity contribution < 1.29 is 22.5 Å². The van der Waals surface area contributed by atoms with Gasteiger partial charge in [-0.15, -0.1) is 0 Å². The summed E-state index contributed by atoms with van der Waals surface area (Å²) in [5.74, 6) is -0.927. The fourth-order valence-electron chi connectivity index (χ4n) is 1.81. The fraction of sp³-hybridized carbons (Fsp3) is 0.214. The molecule has 0 radical (unpaired) electrons. The minimum Gasteiger partial charge on any atom is -0.462 e. The van der Waals surface area contributed by atoms with Gasteiger partial charge in [-0.25, -0.2) is 4.79 Å². The van der Waals surface area contributed by atoms with Crippen LogP contribution in [0.1, 0.15) is 16.8 Å². The smallest absolute Gasteiger partial charge is 0.338 e. The lowest BCUT2D eigenvalue weighted by Crippen LogP contribution is -2.11. The first-order valence-corrected chi connectivity index (χ1v) is 7.68. The maximum Gasteiger partial charge on any atom is 0.338 e. The van der Waals surface area contributed by atoms with Crippen molar-refractivity contribution in [1.82, 2.24) is 0 Å². The highest BCUT2D eigenvalue weighted by molar-refractivity contribution is 7.85. The number of esters is 1. The third-order valence-electron chi connectivity index (χ3n) is 2.76. The van der Waals surface area contributed by atoms with E-state index in [1.165, 1.54) is 0 Å². The van der Waals surface area contributed by atoms with Gasteiger partial charge in [0.05, 0.1) is 17.9 Å². The first-order valence-electron chi connectivity index (χ1n) is 6.07. The molecule has 2 aromatic carbocycles. The second-order valence-corrected chi connectivity index (χ2v) is 5.91. The molecular formula is C14H14O5S. The Morgan fingerprint density at radius 3 is 2.50 bits per heavy atom. The third-order valence-corrected chi connectivity index (χ3v) is 3.57. The molecule has 0 saturated heterocycles. The summed E-state index contributed by atoms with van der Waals surface area (Å²) in [4.78, 5) is 11.8. The van der Waals surface area contributed by atoms with Crippen LogP contribution in [0.3, 0.4) is 0 Å². The van der Waals surface area contributed by atoms with Crippen molar-refractivity contribution in [3.8, 4) is 0 Å². The Hall–Kier alpha value is -1.92. The molecule has 2 aromatic rings. The standard InChI is InChI=1S/C14H14O5S/c15-14(19-8-3-9-20(16,17)18)13-7-6-11-4-1-2-5-12(11)10-13/h1-2,4-7,10H,3,8-9H2,(H,16,17,18). The van der Waals surface area contributed by atoms with Crippen LogP contribution in [-0.4, -0.2) is 31.3 Å². The van der Waals surface area contributed by atoms with E-state index in [-0.39, 0.29) is 13.0 Å². The Morgan fingerprint density at radius 2 is 1.80 bits per heavy atom. The maximum absolute atomic E-state index is 11.8. The summed E-state index contributed by atoms with van der Waals surface area (Å²) >= 11 is 0. The number of ether oxygens (including phenoxy) is 1. The van der Waals surface area contributed by atoms with Gasteiger partial charge < -0.3 is 4.74 Å². The normalized spacial score (nSPS) is 11.4. The molecule has 2 rings (SSSR count). The Bertz CT molecular complexity index is 721. The molecular weight excluding hydrogens is 280 g/mol. The number of benzene rings is 2. The van der Waals surface area contributed by atoms with E-state index in [9.17, 15) is 13.2 Å². The van der Waals surface area contributed by atoms with E-state index in [1.807, 2.05) is 30.3 Å². The molecule has 5 nitrogen and oxygen atoms in total. The Labute approximate surface area is 116 Å². The topological polar surface area (TPSA) is 80.7 Å². The van der Waals surface area contributed by atoms with E-state index in [4.69, 9.17) is 9.29 Å². The van der Waals surface area contributed by atoms with Crippen molar-refractivity contribution in [3.05, 3.63) is 48.0 Å². The molecule has 0 aliphatic rings. The van der Waals surface area contributed by atoms with Gasteiger partial charge in [-0.2, -0.15) is 8.42 Å². The zero-order valence-electron chi connectivity index (χ0n) is 10.7. The van der Waals surface area contributed by atoms with Crippen LogP contribution < -0.4 is 0 Å².